The molecule has 104 valence electrons. The summed E-state index contributed by atoms with van der Waals surface area (Å²) in [5, 5.41) is 0. The van der Waals surface area contributed by atoms with Gasteiger partial charge in [-0.2, -0.15) is 0 Å². The summed E-state index contributed by atoms with van der Waals surface area (Å²) in [5.74, 6) is 0.802. The first-order valence-corrected chi connectivity index (χ1v) is 6.96. The largest absolute Gasteiger partial charge is 0.494 e. The quantitative estimate of drug-likeness (QED) is 0.755. The number of benzene rings is 2. The number of ketones is 1. The molecule has 0 aliphatic rings. The van der Waals surface area contributed by atoms with Crippen molar-refractivity contribution in [3.05, 3.63) is 64.7 Å². The van der Waals surface area contributed by atoms with E-state index in [2.05, 4.69) is 6.92 Å². The van der Waals surface area contributed by atoms with Gasteiger partial charge in [0.05, 0.1) is 6.61 Å². The van der Waals surface area contributed by atoms with Crippen LogP contribution in [0.5, 0.6) is 5.75 Å². The van der Waals surface area contributed by atoms with Crippen LogP contribution in [-0.2, 0) is 0 Å². The second-order valence-electron chi connectivity index (χ2n) is 5.02. The topological polar surface area (TPSA) is 26.3 Å². The summed E-state index contributed by atoms with van der Waals surface area (Å²) in [6.45, 7) is 6.69. The second-order valence-corrected chi connectivity index (χ2v) is 5.02. The molecule has 0 aromatic heterocycles. The fourth-order valence-corrected chi connectivity index (χ4v) is 2.08. The molecule has 0 saturated heterocycles. The van der Waals surface area contributed by atoms with Crippen LogP contribution in [0.25, 0.3) is 0 Å². The zero-order chi connectivity index (χ0) is 14.5. The molecule has 2 heteroatoms. The van der Waals surface area contributed by atoms with Gasteiger partial charge in [-0.05, 0) is 44.0 Å². The average molecular weight is 268 g/mol. The highest BCUT2D eigenvalue weighted by molar-refractivity contribution is 6.10. The number of hydrogen-bond acceptors (Lipinski definition) is 2. The molecule has 0 N–H and O–H groups in total. The predicted molar refractivity (Wildman–Crippen MR) is 81.6 cm³/mol. The fourth-order valence-electron chi connectivity index (χ4n) is 2.08. The number of hydrogen-bond donors (Lipinski definition) is 0. The first-order chi connectivity index (χ1) is 9.61. The molecule has 0 unspecified atom stereocenters. The van der Waals surface area contributed by atoms with E-state index < -0.39 is 0 Å². The van der Waals surface area contributed by atoms with Gasteiger partial charge in [0.1, 0.15) is 5.75 Å². The number of carbonyl (C=O) groups excluding carboxylic acids is 1. The summed E-state index contributed by atoms with van der Waals surface area (Å²) >= 11 is 0. The van der Waals surface area contributed by atoms with Crippen LogP contribution in [0.2, 0.25) is 0 Å². The van der Waals surface area contributed by atoms with E-state index in [1.807, 2.05) is 56.3 Å². The molecule has 0 aliphatic heterocycles. The lowest BCUT2D eigenvalue weighted by Crippen LogP contribution is -2.05. The van der Waals surface area contributed by atoms with Crippen LogP contribution >= 0.6 is 0 Å². The molecule has 0 aliphatic carbocycles. The van der Waals surface area contributed by atoms with E-state index in [4.69, 9.17) is 4.74 Å². The summed E-state index contributed by atoms with van der Waals surface area (Å²) in [6, 6.07) is 13.4. The van der Waals surface area contributed by atoms with Gasteiger partial charge in [0.2, 0.25) is 0 Å². The molecule has 20 heavy (non-hydrogen) atoms. The van der Waals surface area contributed by atoms with Gasteiger partial charge in [-0.15, -0.1) is 0 Å². The van der Waals surface area contributed by atoms with Crippen molar-refractivity contribution in [3.8, 4) is 5.75 Å². The molecule has 2 nitrogen and oxygen atoms in total. The maximum atomic E-state index is 12.6. The molecule has 0 heterocycles. The van der Waals surface area contributed by atoms with Crippen molar-refractivity contribution in [2.75, 3.05) is 6.61 Å². The lowest BCUT2D eigenvalue weighted by atomic mass is 9.97. The van der Waals surface area contributed by atoms with Crippen LogP contribution in [0.15, 0.2) is 42.5 Å². The maximum absolute atomic E-state index is 12.6. The Morgan fingerprint density at radius 3 is 2.65 bits per heavy atom. The Labute approximate surface area is 120 Å². The Balaban J connectivity index is 2.31. The standard InChI is InChI=1S/C18H20O2/c1-4-10-20-16-7-5-6-15(12-16)18(19)17-11-13(2)8-9-14(17)3/h5-9,11-12H,4,10H2,1-3H3. The first-order valence-electron chi connectivity index (χ1n) is 6.96. The predicted octanol–water partition coefficient (Wildman–Crippen LogP) is 4.32. The van der Waals surface area contributed by atoms with Crippen LogP contribution in [-0.4, -0.2) is 12.4 Å². The summed E-state index contributed by atoms with van der Waals surface area (Å²) in [5.41, 5.74) is 3.53. The third-order valence-electron chi connectivity index (χ3n) is 3.21. The second kappa shape index (κ2) is 6.38. The Hall–Kier alpha value is -2.09. The fraction of sp³-hybridized carbons (Fsp3) is 0.278. The number of aryl methyl sites for hydroxylation is 2. The monoisotopic (exact) mass is 268 g/mol. The first kappa shape index (κ1) is 14.3. The molecule has 0 atom stereocenters. The molecule has 0 fully saturated rings. The number of rotatable bonds is 5. The van der Waals surface area contributed by atoms with E-state index >= 15 is 0 Å². The highest BCUT2D eigenvalue weighted by Crippen LogP contribution is 2.19. The third-order valence-corrected chi connectivity index (χ3v) is 3.21. The van der Waals surface area contributed by atoms with Crippen LogP contribution in [0.4, 0.5) is 0 Å². The van der Waals surface area contributed by atoms with E-state index in [9.17, 15) is 4.79 Å². The minimum absolute atomic E-state index is 0.0492. The maximum Gasteiger partial charge on any atom is 0.193 e. The average Bonchev–Trinajstić information content (AvgIpc) is 2.47. The Kier molecular flexibility index (Phi) is 4.57. The van der Waals surface area contributed by atoms with E-state index in [1.165, 1.54) is 0 Å². The Morgan fingerprint density at radius 1 is 1.10 bits per heavy atom. The highest BCUT2D eigenvalue weighted by atomic mass is 16.5. The zero-order valence-corrected chi connectivity index (χ0v) is 12.3. The van der Waals surface area contributed by atoms with Crippen LogP contribution in [0, 0.1) is 13.8 Å². The lowest BCUT2D eigenvalue weighted by molar-refractivity contribution is 0.103. The zero-order valence-electron chi connectivity index (χ0n) is 12.3. The van der Waals surface area contributed by atoms with Crippen LogP contribution < -0.4 is 4.74 Å². The SMILES string of the molecule is CCCOc1cccc(C(=O)c2cc(C)ccc2C)c1. The van der Waals surface area contributed by atoms with Gasteiger partial charge in [-0.3, -0.25) is 4.79 Å². The molecular weight excluding hydrogens is 248 g/mol. The van der Waals surface area contributed by atoms with Crippen molar-refractivity contribution in [1.29, 1.82) is 0 Å². The summed E-state index contributed by atoms with van der Waals surface area (Å²) in [7, 11) is 0. The van der Waals surface area contributed by atoms with E-state index in [1.54, 1.807) is 0 Å². The summed E-state index contributed by atoms with van der Waals surface area (Å²) in [6.07, 6.45) is 0.954. The third kappa shape index (κ3) is 3.27. The molecule has 2 aromatic rings. The Bertz CT molecular complexity index is 615. The van der Waals surface area contributed by atoms with Crippen molar-refractivity contribution >= 4 is 5.78 Å². The van der Waals surface area contributed by atoms with Gasteiger partial charge >= 0.3 is 0 Å². The molecule has 0 bridgehead atoms. The molecule has 0 spiro atoms. The highest BCUT2D eigenvalue weighted by Gasteiger charge is 2.12. The molecule has 0 amide bonds. The van der Waals surface area contributed by atoms with Gasteiger partial charge in [-0.1, -0.05) is 36.8 Å². The number of ether oxygens (including phenoxy) is 1. The number of carbonyl (C=O) groups is 1. The van der Waals surface area contributed by atoms with E-state index in [-0.39, 0.29) is 5.78 Å². The van der Waals surface area contributed by atoms with Crippen molar-refractivity contribution in [2.45, 2.75) is 27.2 Å². The summed E-state index contributed by atoms with van der Waals surface area (Å²) < 4.78 is 5.58. The van der Waals surface area contributed by atoms with Gasteiger partial charge in [0.15, 0.2) is 5.78 Å². The molecule has 0 saturated carbocycles. The van der Waals surface area contributed by atoms with Gasteiger partial charge in [0, 0.05) is 11.1 Å². The van der Waals surface area contributed by atoms with Gasteiger partial charge < -0.3 is 4.74 Å². The summed E-state index contributed by atoms with van der Waals surface area (Å²) in [4.78, 5) is 12.6. The van der Waals surface area contributed by atoms with Gasteiger partial charge in [-0.25, -0.2) is 0 Å². The van der Waals surface area contributed by atoms with Crippen molar-refractivity contribution in [1.82, 2.24) is 0 Å². The molecule has 2 rings (SSSR count). The smallest absolute Gasteiger partial charge is 0.193 e. The molecular formula is C18H20O2. The van der Waals surface area contributed by atoms with Crippen molar-refractivity contribution < 1.29 is 9.53 Å². The van der Waals surface area contributed by atoms with Crippen molar-refractivity contribution in [2.24, 2.45) is 0 Å². The Morgan fingerprint density at radius 2 is 1.90 bits per heavy atom. The minimum Gasteiger partial charge on any atom is -0.494 e. The molecule has 2 aromatic carbocycles. The molecule has 0 radical (unpaired) electrons. The minimum atomic E-state index is 0.0492. The van der Waals surface area contributed by atoms with E-state index in [0.717, 1.165) is 28.9 Å². The van der Waals surface area contributed by atoms with E-state index in [0.29, 0.717) is 12.2 Å². The van der Waals surface area contributed by atoms with Crippen LogP contribution in [0.3, 0.4) is 0 Å². The van der Waals surface area contributed by atoms with Crippen molar-refractivity contribution in [3.63, 3.8) is 0 Å². The van der Waals surface area contributed by atoms with Gasteiger partial charge in [0.25, 0.3) is 0 Å². The van der Waals surface area contributed by atoms with Crippen LogP contribution in [0.1, 0.15) is 40.4 Å². The normalized spacial score (nSPS) is 10.3. The lowest BCUT2D eigenvalue weighted by Gasteiger charge is -2.09.